The van der Waals surface area contributed by atoms with E-state index in [4.69, 9.17) is 0 Å². The van der Waals surface area contributed by atoms with Gasteiger partial charge in [0.2, 0.25) is 0 Å². The molecule has 2 aromatic heterocycles. The second-order valence-corrected chi connectivity index (χ2v) is 4.56. The number of carbonyl (C=O) groups excluding carboxylic acids is 1. The average molecular weight is 277 g/mol. The summed E-state index contributed by atoms with van der Waals surface area (Å²) in [6.45, 7) is 3.95. The van der Waals surface area contributed by atoms with E-state index in [0.29, 0.717) is 5.82 Å². The molecule has 0 atom stereocenters. The van der Waals surface area contributed by atoms with Crippen LogP contribution in [0.4, 0.5) is 5.69 Å². The van der Waals surface area contributed by atoms with Crippen LogP contribution in [0.25, 0.3) is 0 Å². The molecule has 8 nitrogen and oxygen atoms in total. The number of H-pyrrole nitrogens is 1. The Labute approximate surface area is 115 Å². The van der Waals surface area contributed by atoms with Crippen molar-refractivity contribution < 1.29 is 9.72 Å². The minimum atomic E-state index is -0.512. The third-order valence-electron chi connectivity index (χ3n) is 2.81. The van der Waals surface area contributed by atoms with Gasteiger partial charge in [0.25, 0.3) is 11.6 Å². The number of nitrogens with one attached hydrogen (secondary N) is 2. The summed E-state index contributed by atoms with van der Waals surface area (Å²) in [6.07, 6.45) is 4.61. The van der Waals surface area contributed by atoms with Crippen molar-refractivity contribution in [2.75, 3.05) is 0 Å². The lowest BCUT2D eigenvalue weighted by Crippen LogP contribution is -2.26. The Morgan fingerprint density at radius 2 is 2.35 bits per heavy atom. The van der Waals surface area contributed by atoms with Gasteiger partial charge in [0, 0.05) is 24.5 Å². The highest BCUT2D eigenvalue weighted by Gasteiger charge is 2.20. The van der Waals surface area contributed by atoms with Crippen molar-refractivity contribution >= 4 is 11.6 Å². The Balaban J connectivity index is 2.17. The molecule has 0 aliphatic rings. The van der Waals surface area contributed by atoms with Crippen molar-refractivity contribution in [2.45, 2.75) is 26.4 Å². The van der Waals surface area contributed by atoms with Crippen LogP contribution in [0.1, 0.15) is 36.2 Å². The smallest absolute Gasteiger partial charge is 0.287 e. The zero-order chi connectivity index (χ0) is 14.7. The van der Waals surface area contributed by atoms with E-state index in [9.17, 15) is 14.9 Å². The van der Waals surface area contributed by atoms with Crippen LogP contribution in [0.3, 0.4) is 0 Å². The number of amides is 1. The highest BCUT2D eigenvalue weighted by molar-refractivity contribution is 5.93. The molecule has 0 aliphatic heterocycles. The molecular formula is C12H15N5O3. The van der Waals surface area contributed by atoms with E-state index in [1.54, 1.807) is 17.0 Å². The van der Waals surface area contributed by atoms with Crippen LogP contribution in [0.15, 0.2) is 24.7 Å². The van der Waals surface area contributed by atoms with Crippen LogP contribution in [-0.2, 0) is 6.54 Å². The summed E-state index contributed by atoms with van der Waals surface area (Å²) < 4.78 is 1.58. The first kappa shape index (κ1) is 13.8. The monoisotopic (exact) mass is 277 g/mol. The molecule has 0 unspecified atom stereocenters. The molecule has 106 valence electrons. The molecule has 2 N–H and O–H groups in total. The zero-order valence-corrected chi connectivity index (χ0v) is 11.2. The van der Waals surface area contributed by atoms with E-state index in [2.05, 4.69) is 15.3 Å². The van der Waals surface area contributed by atoms with Crippen molar-refractivity contribution in [2.24, 2.45) is 0 Å². The van der Waals surface area contributed by atoms with Crippen molar-refractivity contribution in [3.05, 3.63) is 46.3 Å². The fourth-order valence-corrected chi connectivity index (χ4v) is 1.82. The molecule has 1 amide bonds. The summed E-state index contributed by atoms with van der Waals surface area (Å²) in [5, 5.41) is 13.5. The number of hydrogen-bond acceptors (Lipinski definition) is 4. The molecule has 8 heteroatoms. The Morgan fingerprint density at radius 1 is 1.60 bits per heavy atom. The third kappa shape index (κ3) is 2.85. The standard InChI is InChI=1S/C12H15N5O3/c1-8(2)16-7-9(17(19)20)5-10(16)12(18)15-6-11-13-3-4-14-11/h3-5,7-8H,6H2,1-2H3,(H,13,14)(H,15,18). The molecular weight excluding hydrogens is 262 g/mol. The molecule has 0 aliphatic carbocycles. The Bertz CT molecular complexity index is 615. The molecule has 0 saturated carbocycles. The number of nitro groups is 1. The topological polar surface area (TPSA) is 106 Å². The lowest BCUT2D eigenvalue weighted by molar-refractivity contribution is -0.384. The predicted octanol–water partition coefficient (Wildman–Crippen LogP) is 1.63. The van der Waals surface area contributed by atoms with Gasteiger partial charge in [-0.05, 0) is 13.8 Å². The van der Waals surface area contributed by atoms with E-state index in [-0.39, 0.29) is 29.9 Å². The molecule has 2 heterocycles. The first-order valence-corrected chi connectivity index (χ1v) is 6.11. The number of aromatic nitrogens is 3. The fourth-order valence-electron chi connectivity index (χ4n) is 1.82. The summed E-state index contributed by atoms with van der Waals surface area (Å²) in [6, 6.07) is 1.23. The lowest BCUT2D eigenvalue weighted by atomic mass is 10.3. The SMILES string of the molecule is CC(C)n1cc([N+](=O)[O-])cc1C(=O)NCc1ncc[nH]1. The highest BCUT2D eigenvalue weighted by Crippen LogP contribution is 2.20. The van der Waals surface area contributed by atoms with Gasteiger partial charge in [-0.3, -0.25) is 14.9 Å². The maximum atomic E-state index is 12.1. The van der Waals surface area contributed by atoms with Crippen LogP contribution in [0.5, 0.6) is 0 Å². The maximum absolute atomic E-state index is 12.1. The van der Waals surface area contributed by atoms with Gasteiger partial charge in [0.15, 0.2) is 0 Å². The molecule has 2 aromatic rings. The molecule has 0 aromatic carbocycles. The zero-order valence-electron chi connectivity index (χ0n) is 11.2. The van der Waals surface area contributed by atoms with Crippen molar-refractivity contribution in [3.63, 3.8) is 0 Å². The minimum Gasteiger partial charge on any atom is -0.347 e. The summed E-state index contributed by atoms with van der Waals surface area (Å²) >= 11 is 0. The largest absolute Gasteiger partial charge is 0.347 e. The van der Waals surface area contributed by atoms with Crippen molar-refractivity contribution in [1.29, 1.82) is 0 Å². The molecule has 2 rings (SSSR count). The van der Waals surface area contributed by atoms with Gasteiger partial charge in [-0.2, -0.15) is 0 Å². The fraction of sp³-hybridized carbons (Fsp3) is 0.333. The first-order chi connectivity index (χ1) is 9.49. The predicted molar refractivity (Wildman–Crippen MR) is 71.2 cm³/mol. The van der Waals surface area contributed by atoms with Gasteiger partial charge < -0.3 is 14.9 Å². The summed E-state index contributed by atoms with van der Waals surface area (Å²) in [5.41, 5.74) is 0.167. The quantitative estimate of drug-likeness (QED) is 0.639. The van der Waals surface area contributed by atoms with Crippen LogP contribution in [0, 0.1) is 10.1 Å². The van der Waals surface area contributed by atoms with E-state index >= 15 is 0 Å². The van der Waals surface area contributed by atoms with Crippen LogP contribution in [-0.4, -0.2) is 25.4 Å². The second-order valence-electron chi connectivity index (χ2n) is 4.56. The molecule has 20 heavy (non-hydrogen) atoms. The van der Waals surface area contributed by atoms with Crippen LogP contribution in [0.2, 0.25) is 0 Å². The van der Waals surface area contributed by atoms with Gasteiger partial charge in [-0.25, -0.2) is 4.98 Å². The lowest BCUT2D eigenvalue weighted by Gasteiger charge is -2.11. The van der Waals surface area contributed by atoms with Gasteiger partial charge in [0.1, 0.15) is 11.5 Å². The van der Waals surface area contributed by atoms with Crippen LogP contribution >= 0.6 is 0 Å². The number of rotatable bonds is 5. The molecule has 0 fully saturated rings. The Hall–Kier alpha value is -2.64. The third-order valence-corrected chi connectivity index (χ3v) is 2.81. The van der Waals surface area contributed by atoms with Crippen molar-refractivity contribution in [3.8, 4) is 0 Å². The normalized spacial score (nSPS) is 10.8. The van der Waals surface area contributed by atoms with Gasteiger partial charge >= 0.3 is 0 Å². The van der Waals surface area contributed by atoms with E-state index in [1.165, 1.54) is 12.3 Å². The van der Waals surface area contributed by atoms with E-state index < -0.39 is 4.92 Å². The van der Waals surface area contributed by atoms with Gasteiger partial charge in [-0.15, -0.1) is 0 Å². The summed E-state index contributed by atoms with van der Waals surface area (Å²) in [5.74, 6) is 0.249. The Morgan fingerprint density at radius 3 is 2.90 bits per heavy atom. The van der Waals surface area contributed by atoms with Crippen LogP contribution < -0.4 is 5.32 Å². The number of carbonyl (C=O) groups is 1. The highest BCUT2D eigenvalue weighted by atomic mass is 16.6. The molecule has 0 saturated heterocycles. The number of hydrogen-bond donors (Lipinski definition) is 2. The van der Waals surface area contributed by atoms with Gasteiger partial charge in [-0.1, -0.05) is 0 Å². The second kappa shape index (κ2) is 5.55. The maximum Gasteiger partial charge on any atom is 0.287 e. The summed E-state index contributed by atoms with van der Waals surface area (Å²) in [7, 11) is 0. The van der Waals surface area contributed by atoms with Crippen molar-refractivity contribution in [1.82, 2.24) is 19.9 Å². The first-order valence-electron chi connectivity index (χ1n) is 6.11. The molecule has 0 bridgehead atoms. The number of aromatic amines is 1. The molecule has 0 spiro atoms. The Kier molecular flexibility index (Phi) is 3.83. The summed E-state index contributed by atoms with van der Waals surface area (Å²) in [4.78, 5) is 29.2. The number of nitrogens with zero attached hydrogens (tertiary/aromatic N) is 3. The van der Waals surface area contributed by atoms with Gasteiger partial charge in [0.05, 0.1) is 17.7 Å². The minimum absolute atomic E-state index is 0.0481. The average Bonchev–Trinajstić information content (AvgIpc) is 3.04. The van der Waals surface area contributed by atoms with E-state index in [0.717, 1.165) is 0 Å². The van der Waals surface area contributed by atoms with E-state index in [1.807, 2.05) is 13.8 Å². The molecule has 0 radical (unpaired) electrons. The number of imidazole rings is 1.